The Bertz CT molecular complexity index is 826. The average Bonchev–Trinajstić information content (AvgIpc) is 3.02. The van der Waals surface area contributed by atoms with Gasteiger partial charge in [-0.1, -0.05) is 6.92 Å². The minimum Gasteiger partial charge on any atom is -0.477 e. The predicted octanol–water partition coefficient (Wildman–Crippen LogP) is 0.535. The van der Waals surface area contributed by atoms with Crippen molar-refractivity contribution in [2.75, 3.05) is 39.3 Å². The van der Waals surface area contributed by atoms with Crippen LogP contribution in [0.25, 0.3) is 0 Å². The number of carboxylic acid groups (broad SMARTS) is 1. The molecule has 0 bridgehead atoms. The molecule has 2 amide bonds. The molecule has 33 heavy (non-hydrogen) atoms. The molecule has 0 saturated carbocycles. The smallest absolute Gasteiger partial charge is 0.353 e. The van der Waals surface area contributed by atoms with Crippen molar-refractivity contribution in [2.24, 2.45) is 23.5 Å². The minimum atomic E-state index is -1.06. The van der Waals surface area contributed by atoms with E-state index < -0.39 is 18.0 Å². The summed E-state index contributed by atoms with van der Waals surface area (Å²) in [7, 11) is 0. The number of fused-ring (bicyclic) bond motifs is 1. The SMILES string of the molecule is C[C@@H](O)[C@H]1C(=O)N2C(C(=O)O)=C(S[C@@H]3CCCN(CC4CCN(C(=O)CN)CC4)C3)[C@H](C)[C@H]12. The number of likely N-dealkylation sites (tertiary alicyclic amines) is 2. The first-order valence-corrected chi connectivity index (χ1v) is 13.0. The summed E-state index contributed by atoms with van der Waals surface area (Å²) in [5.74, 6) is -1.36. The molecule has 10 heteroatoms. The fraction of sp³-hybridized carbons (Fsp3) is 0.783. The van der Waals surface area contributed by atoms with Gasteiger partial charge in [0.15, 0.2) is 0 Å². The van der Waals surface area contributed by atoms with Crippen molar-refractivity contribution in [2.45, 2.75) is 56.9 Å². The maximum absolute atomic E-state index is 12.6. The molecule has 0 spiro atoms. The summed E-state index contributed by atoms with van der Waals surface area (Å²) in [5, 5.41) is 20.2. The second kappa shape index (κ2) is 9.93. The zero-order valence-corrected chi connectivity index (χ0v) is 20.3. The van der Waals surface area contributed by atoms with Crippen LogP contribution >= 0.6 is 11.8 Å². The monoisotopic (exact) mass is 480 g/mol. The summed E-state index contributed by atoms with van der Waals surface area (Å²) in [5.41, 5.74) is 5.60. The van der Waals surface area contributed by atoms with Crippen molar-refractivity contribution < 1.29 is 24.6 Å². The van der Waals surface area contributed by atoms with Crippen molar-refractivity contribution in [1.82, 2.24) is 14.7 Å². The number of amides is 2. The number of carbonyl (C=O) groups excluding carboxylic acids is 2. The standard InChI is InChI=1S/C23H36N4O5S/c1-13-19-18(14(2)28)22(30)27(19)20(23(31)32)21(13)33-16-4-3-7-25(12-16)11-15-5-8-26(9-6-15)17(29)10-24/h13-16,18-19,28H,3-12,24H2,1-2H3,(H,31,32)/t13-,14-,16-,18-,19-/m1/s1. The molecule has 0 aromatic rings. The van der Waals surface area contributed by atoms with E-state index in [-0.39, 0.29) is 41.3 Å². The fourth-order valence-corrected chi connectivity index (χ4v) is 7.57. The first-order valence-electron chi connectivity index (χ1n) is 12.1. The molecule has 0 aromatic carbocycles. The van der Waals surface area contributed by atoms with E-state index in [1.54, 1.807) is 18.7 Å². The van der Waals surface area contributed by atoms with Crippen molar-refractivity contribution in [3.63, 3.8) is 0 Å². The van der Waals surface area contributed by atoms with Crippen LogP contribution < -0.4 is 5.73 Å². The lowest BCUT2D eigenvalue weighted by Gasteiger charge is -2.46. The van der Waals surface area contributed by atoms with Crippen LogP contribution in [0.5, 0.6) is 0 Å². The maximum Gasteiger partial charge on any atom is 0.353 e. The van der Waals surface area contributed by atoms with E-state index in [0.29, 0.717) is 5.92 Å². The third kappa shape index (κ3) is 4.67. The van der Waals surface area contributed by atoms with E-state index in [2.05, 4.69) is 4.90 Å². The van der Waals surface area contributed by atoms with Crippen LogP contribution in [0.1, 0.15) is 39.5 Å². The summed E-state index contributed by atoms with van der Waals surface area (Å²) in [4.78, 5) is 43.0. The highest BCUT2D eigenvalue weighted by atomic mass is 32.2. The molecule has 0 radical (unpaired) electrons. The second-order valence-corrected chi connectivity index (χ2v) is 11.3. The van der Waals surface area contributed by atoms with Gasteiger partial charge in [0, 0.05) is 42.3 Å². The van der Waals surface area contributed by atoms with E-state index in [0.717, 1.165) is 63.3 Å². The number of β-lactam (4-membered cyclic amide) rings is 1. The Morgan fingerprint density at radius 1 is 1.21 bits per heavy atom. The van der Waals surface area contributed by atoms with Gasteiger partial charge in [-0.2, -0.15) is 0 Å². The molecule has 5 atom stereocenters. The lowest BCUT2D eigenvalue weighted by Crippen LogP contribution is -2.63. The number of carboxylic acids is 1. The highest BCUT2D eigenvalue weighted by Crippen LogP contribution is 2.51. The number of nitrogens with two attached hydrogens (primary N) is 1. The molecule has 4 aliphatic heterocycles. The van der Waals surface area contributed by atoms with Gasteiger partial charge in [0.25, 0.3) is 0 Å². The van der Waals surface area contributed by atoms with Gasteiger partial charge in [0.2, 0.25) is 11.8 Å². The zero-order chi connectivity index (χ0) is 23.9. The van der Waals surface area contributed by atoms with Crippen LogP contribution in [0.3, 0.4) is 0 Å². The molecule has 0 aromatic heterocycles. The Morgan fingerprint density at radius 2 is 1.91 bits per heavy atom. The molecule has 4 N–H and O–H groups in total. The highest BCUT2D eigenvalue weighted by molar-refractivity contribution is 8.03. The van der Waals surface area contributed by atoms with Gasteiger partial charge < -0.3 is 30.6 Å². The highest BCUT2D eigenvalue weighted by Gasteiger charge is 2.60. The summed E-state index contributed by atoms with van der Waals surface area (Å²) < 4.78 is 0. The van der Waals surface area contributed by atoms with Crippen LogP contribution in [0, 0.1) is 17.8 Å². The molecule has 9 nitrogen and oxygen atoms in total. The summed E-state index contributed by atoms with van der Waals surface area (Å²) in [6, 6.07) is -0.257. The predicted molar refractivity (Wildman–Crippen MR) is 125 cm³/mol. The molecule has 4 aliphatic rings. The maximum atomic E-state index is 12.6. The second-order valence-electron chi connectivity index (χ2n) is 9.94. The largest absolute Gasteiger partial charge is 0.477 e. The Hall–Kier alpha value is -1.62. The van der Waals surface area contributed by atoms with Gasteiger partial charge in [0.05, 0.1) is 24.6 Å². The molecule has 3 fully saturated rings. The summed E-state index contributed by atoms with van der Waals surface area (Å²) in [6.45, 7) is 8.14. The number of nitrogens with zero attached hydrogens (tertiary/aromatic N) is 3. The molecule has 4 rings (SSSR count). The van der Waals surface area contributed by atoms with Crippen molar-refractivity contribution in [1.29, 1.82) is 0 Å². The van der Waals surface area contributed by atoms with Gasteiger partial charge in [-0.25, -0.2) is 4.79 Å². The molecular weight excluding hydrogens is 444 g/mol. The van der Waals surface area contributed by atoms with E-state index in [4.69, 9.17) is 5.73 Å². The zero-order valence-electron chi connectivity index (χ0n) is 19.5. The van der Waals surface area contributed by atoms with E-state index >= 15 is 0 Å². The number of thioether (sulfide) groups is 1. The first-order chi connectivity index (χ1) is 15.7. The van der Waals surface area contributed by atoms with E-state index in [1.807, 2.05) is 11.8 Å². The minimum absolute atomic E-state index is 0.0251. The third-order valence-electron chi connectivity index (χ3n) is 7.73. The topological polar surface area (TPSA) is 127 Å². The van der Waals surface area contributed by atoms with Crippen LogP contribution in [0.2, 0.25) is 0 Å². The van der Waals surface area contributed by atoms with E-state index in [1.165, 1.54) is 4.90 Å². The third-order valence-corrected chi connectivity index (χ3v) is 9.26. The number of aliphatic hydroxyl groups is 1. The van der Waals surface area contributed by atoms with E-state index in [9.17, 15) is 24.6 Å². The summed E-state index contributed by atoms with van der Waals surface area (Å²) >= 11 is 1.62. The number of rotatable bonds is 7. The summed E-state index contributed by atoms with van der Waals surface area (Å²) in [6.07, 6.45) is 3.29. The fourth-order valence-electron chi connectivity index (χ4n) is 5.99. The molecule has 3 saturated heterocycles. The number of carbonyl (C=O) groups is 3. The lowest BCUT2D eigenvalue weighted by atomic mass is 9.79. The number of piperidine rings is 2. The van der Waals surface area contributed by atoms with Gasteiger partial charge in [-0.3, -0.25) is 9.59 Å². The molecule has 184 valence electrons. The lowest BCUT2D eigenvalue weighted by molar-refractivity contribution is -0.163. The molecular formula is C23H36N4O5S. The van der Waals surface area contributed by atoms with Gasteiger partial charge in [-0.15, -0.1) is 11.8 Å². The van der Waals surface area contributed by atoms with Crippen LogP contribution in [-0.4, -0.2) is 99.4 Å². The van der Waals surface area contributed by atoms with Crippen molar-refractivity contribution >= 4 is 29.5 Å². The van der Waals surface area contributed by atoms with Crippen molar-refractivity contribution in [3.05, 3.63) is 10.6 Å². The van der Waals surface area contributed by atoms with Gasteiger partial charge in [-0.05, 0) is 45.1 Å². The number of hydrogen-bond acceptors (Lipinski definition) is 7. The number of aliphatic hydroxyl groups excluding tert-OH is 1. The quantitative estimate of drug-likeness (QED) is 0.451. The Balaban J connectivity index is 1.37. The van der Waals surface area contributed by atoms with Crippen molar-refractivity contribution in [3.8, 4) is 0 Å². The molecule has 0 aliphatic carbocycles. The molecule has 0 unspecified atom stereocenters. The molecule has 4 heterocycles. The average molecular weight is 481 g/mol. The van der Waals surface area contributed by atoms with Crippen LogP contribution in [0.15, 0.2) is 10.6 Å². The first kappa shape index (κ1) is 24.5. The van der Waals surface area contributed by atoms with Gasteiger partial charge >= 0.3 is 5.97 Å². The number of hydrogen-bond donors (Lipinski definition) is 3. The Labute approximate surface area is 199 Å². The van der Waals surface area contributed by atoms with Gasteiger partial charge in [0.1, 0.15) is 5.70 Å². The van der Waals surface area contributed by atoms with Crippen LogP contribution in [0.4, 0.5) is 0 Å². The van der Waals surface area contributed by atoms with Crippen LogP contribution in [-0.2, 0) is 14.4 Å². The number of aliphatic carboxylic acids is 1. The normalized spacial score (nSPS) is 32.1. The Morgan fingerprint density at radius 3 is 2.52 bits per heavy atom. The Kier molecular flexibility index (Phi) is 7.38.